The molecule has 0 bridgehead atoms. The molecule has 29 heavy (non-hydrogen) atoms. The molecular formula is C22H31IN4OS. The summed E-state index contributed by atoms with van der Waals surface area (Å²) < 4.78 is 6.11. The molecule has 3 heterocycles. The van der Waals surface area contributed by atoms with E-state index in [9.17, 15) is 0 Å². The Balaban J connectivity index is 0.00000240. The zero-order chi connectivity index (χ0) is 19.2. The first-order valence-corrected chi connectivity index (χ1v) is 11.1. The molecule has 5 nitrogen and oxygen atoms in total. The molecule has 2 aliphatic rings. The van der Waals surface area contributed by atoms with Crippen LogP contribution in [-0.2, 0) is 13.0 Å². The highest BCUT2D eigenvalue weighted by atomic mass is 127. The SMILES string of the molecule is CN=C(NCCN1CCc2sccc2C1)N1CCC(Oc2ccccc2)CC1.I. The molecule has 1 aromatic heterocycles. The normalized spacial score (nSPS) is 18.1. The zero-order valence-corrected chi connectivity index (χ0v) is 20.2. The fourth-order valence-electron chi connectivity index (χ4n) is 4.03. The fourth-order valence-corrected chi connectivity index (χ4v) is 4.92. The van der Waals surface area contributed by atoms with Crippen LogP contribution in [0.15, 0.2) is 46.8 Å². The molecule has 1 fully saturated rings. The number of ether oxygens (including phenoxy) is 1. The lowest BCUT2D eigenvalue weighted by Gasteiger charge is -2.34. The molecule has 0 atom stereocenters. The van der Waals surface area contributed by atoms with Crippen molar-refractivity contribution in [3.05, 3.63) is 52.2 Å². The molecule has 0 radical (unpaired) electrons. The molecule has 0 unspecified atom stereocenters. The van der Waals surface area contributed by atoms with E-state index in [1.54, 1.807) is 4.88 Å². The number of likely N-dealkylation sites (tertiary alicyclic amines) is 1. The van der Waals surface area contributed by atoms with Gasteiger partial charge in [0.15, 0.2) is 5.96 Å². The zero-order valence-electron chi connectivity index (χ0n) is 17.0. The van der Waals surface area contributed by atoms with Crippen LogP contribution in [0.2, 0.25) is 0 Å². The number of piperidine rings is 1. The molecule has 2 aromatic rings. The van der Waals surface area contributed by atoms with E-state index in [2.05, 4.69) is 31.6 Å². The summed E-state index contributed by atoms with van der Waals surface area (Å²) in [5.41, 5.74) is 1.51. The largest absolute Gasteiger partial charge is 0.490 e. The van der Waals surface area contributed by atoms with Crippen LogP contribution in [0.3, 0.4) is 0 Å². The molecule has 0 aliphatic carbocycles. The maximum atomic E-state index is 6.11. The number of nitrogens with zero attached hydrogens (tertiary/aromatic N) is 3. The van der Waals surface area contributed by atoms with Crippen molar-refractivity contribution in [2.45, 2.75) is 31.9 Å². The molecule has 1 saturated heterocycles. The minimum atomic E-state index is 0. The Bertz CT molecular complexity index is 774. The Labute approximate surface area is 195 Å². The topological polar surface area (TPSA) is 40.1 Å². The van der Waals surface area contributed by atoms with Crippen LogP contribution in [0.5, 0.6) is 5.75 Å². The summed E-state index contributed by atoms with van der Waals surface area (Å²) >= 11 is 1.90. The van der Waals surface area contributed by atoms with Gasteiger partial charge in [0.1, 0.15) is 11.9 Å². The lowest BCUT2D eigenvalue weighted by molar-refractivity contribution is 0.129. The predicted molar refractivity (Wildman–Crippen MR) is 132 cm³/mol. The summed E-state index contributed by atoms with van der Waals surface area (Å²) in [4.78, 5) is 11.0. The summed E-state index contributed by atoms with van der Waals surface area (Å²) in [6.45, 7) is 6.21. The Morgan fingerprint density at radius 1 is 1.17 bits per heavy atom. The Kier molecular flexibility index (Phi) is 8.62. The molecule has 4 rings (SSSR count). The Hall–Kier alpha value is -1.32. The number of thiophene rings is 1. The van der Waals surface area contributed by atoms with Gasteiger partial charge in [-0.15, -0.1) is 35.3 Å². The number of hydrogen-bond donors (Lipinski definition) is 1. The smallest absolute Gasteiger partial charge is 0.193 e. The van der Waals surface area contributed by atoms with Gasteiger partial charge in [0.25, 0.3) is 0 Å². The second-order valence-corrected chi connectivity index (χ2v) is 8.49. The van der Waals surface area contributed by atoms with Crippen LogP contribution in [0.1, 0.15) is 23.3 Å². The van der Waals surface area contributed by atoms with E-state index in [1.165, 1.54) is 12.0 Å². The number of para-hydroxylation sites is 1. The second kappa shape index (κ2) is 11.2. The van der Waals surface area contributed by atoms with Gasteiger partial charge in [-0.05, 0) is 35.6 Å². The van der Waals surface area contributed by atoms with Crippen molar-refractivity contribution in [3.63, 3.8) is 0 Å². The monoisotopic (exact) mass is 526 g/mol. The van der Waals surface area contributed by atoms with Gasteiger partial charge in [0, 0.05) is 64.0 Å². The Morgan fingerprint density at radius 2 is 1.97 bits per heavy atom. The highest BCUT2D eigenvalue weighted by Gasteiger charge is 2.23. The summed E-state index contributed by atoms with van der Waals surface area (Å²) in [6, 6.07) is 12.4. The number of benzene rings is 1. The molecule has 0 saturated carbocycles. The molecule has 0 amide bonds. The molecule has 2 aliphatic heterocycles. The number of rotatable bonds is 5. The summed E-state index contributed by atoms with van der Waals surface area (Å²) in [7, 11) is 1.88. The molecule has 0 spiro atoms. The second-order valence-electron chi connectivity index (χ2n) is 7.49. The van der Waals surface area contributed by atoms with Crippen molar-refractivity contribution in [1.29, 1.82) is 0 Å². The molecule has 7 heteroatoms. The first-order chi connectivity index (χ1) is 13.8. The average Bonchev–Trinajstić information content (AvgIpc) is 3.21. The van der Waals surface area contributed by atoms with Crippen LogP contribution in [0.25, 0.3) is 0 Å². The van der Waals surface area contributed by atoms with Gasteiger partial charge in [-0.1, -0.05) is 18.2 Å². The van der Waals surface area contributed by atoms with Gasteiger partial charge in [-0.3, -0.25) is 9.89 Å². The van der Waals surface area contributed by atoms with Crippen molar-refractivity contribution in [3.8, 4) is 5.75 Å². The van der Waals surface area contributed by atoms with Gasteiger partial charge in [-0.25, -0.2) is 0 Å². The highest BCUT2D eigenvalue weighted by Crippen LogP contribution is 2.23. The lowest BCUT2D eigenvalue weighted by atomic mass is 10.1. The summed E-state index contributed by atoms with van der Waals surface area (Å²) in [5, 5.41) is 5.79. The standard InChI is InChI=1S/C22H30N4OS.HI/c1-23-22(24-11-15-25-12-9-21-18(17-25)10-16-28-21)26-13-7-20(8-14-26)27-19-5-3-2-4-6-19;/h2-6,10,16,20H,7-9,11-15,17H2,1H3,(H,23,24);1H. The average molecular weight is 526 g/mol. The Morgan fingerprint density at radius 3 is 2.72 bits per heavy atom. The van der Waals surface area contributed by atoms with Gasteiger partial charge in [0.2, 0.25) is 0 Å². The third-order valence-electron chi connectivity index (χ3n) is 5.60. The number of aliphatic imine (C=N–C) groups is 1. The van der Waals surface area contributed by atoms with E-state index in [-0.39, 0.29) is 24.0 Å². The maximum Gasteiger partial charge on any atom is 0.193 e. The fraction of sp³-hybridized carbons (Fsp3) is 0.500. The van der Waals surface area contributed by atoms with Crippen molar-refractivity contribution in [2.24, 2.45) is 4.99 Å². The minimum Gasteiger partial charge on any atom is -0.490 e. The van der Waals surface area contributed by atoms with Crippen molar-refractivity contribution in [2.75, 3.05) is 39.8 Å². The van der Waals surface area contributed by atoms with Crippen molar-refractivity contribution >= 4 is 41.3 Å². The van der Waals surface area contributed by atoms with Crippen LogP contribution >= 0.6 is 35.3 Å². The summed E-state index contributed by atoms with van der Waals surface area (Å²) in [6.07, 6.45) is 3.55. The van der Waals surface area contributed by atoms with Crippen LogP contribution in [0.4, 0.5) is 0 Å². The van der Waals surface area contributed by atoms with E-state index in [4.69, 9.17) is 4.74 Å². The third-order valence-corrected chi connectivity index (χ3v) is 6.62. The number of fused-ring (bicyclic) bond motifs is 1. The quantitative estimate of drug-likeness (QED) is 0.365. The van der Waals surface area contributed by atoms with Gasteiger partial charge in [0.05, 0.1) is 0 Å². The number of nitrogens with one attached hydrogen (secondary N) is 1. The van der Waals surface area contributed by atoms with Gasteiger partial charge < -0.3 is 15.0 Å². The molecular weight excluding hydrogens is 495 g/mol. The van der Waals surface area contributed by atoms with E-state index in [0.717, 1.165) is 63.8 Å². The minimum absolute atomic E-state index is 0. The number of hydrogen-bond acceptors (Lipinski definition) is 4. The third kappa shape index (κ3) is 6.08. The predicted octanol–water partition coefficient (Wildman–Crippen LogP) is 3.84. The van der Waals surface area contributed by atoms with Crippen LogP contribution < -0.4 is 10.1 Å². The maximum absolute atomic E-state index is 6.11. The van der Waals surface area contributed by atoms with E-state index in [0.29, 0.717) is 6.10 Å². The van der Waals surface area contributed by atoms with E-state index >= 15 is 0 Å². The van der Waals surface area contributed by atoms with Crippen molar-refractivity contribution < 1.29 is 4.74 Å². The first-order valence-electron chi connectivity index (χ1n) is 10.3. The number of halogens is 1. The first kappa shape index (κ1) is 22.4. The van der Waals surface area contributed by atoms with Crippen LogP contribution in [0, 0.1) is 0 Å². The number of guanidine groups is 1. The van der Waals surface area contributed by atoms with Crippen molar-refractivity contribution in [1.82, 2.24) is 15.1 Å². The molecule has 1 N–H and O–H groups in total. The van der Waals surface area contributed by atoms with Gasteiger partial charge in [-0.2, -0.15) is 0 Å². The van der Waals surface area contributed by atoms with Gasteiger partial charge >= 0.3 is 0 Å². The lowest BCUT2D eigenvalue weighted by Crippen LogP contribution is -2.49. The van der Waals surface area contributed by atoms with E-state index < -0.39 is 0 Å². The molecule has 158 valence electrons. The van der Waals surface area contributed by atoms with E-state index in [1.807, 2.05) is 48.7 Å². The van der Waals surface area contributed by atoms with Crippen LogP contribution in [-0.4, -0.2) is 61.6 Å². The molecule has 1 aromatic carbocycles. The highest BCUT2D eigenvalue weighted by molar-refractivity contribution is 14.0. The summed E-state index contributed by atoms with van der Waals surface area (Å²) in [5.74, 6) is 1.99.